The van der Waals surface area contributed by atoms with E-state index in [0.29, 0.717) is 23.2 Å². The molecule has 1 amide bonds. The van der Waals surface area contributed by atoms with E-state index in [4.69, 9.17) is 18.9 Å². The number of benzene rings is 1. The van der Waals surface area contributed by atoms with Gasteiger partial charge in [0.05, 0.1) is 31.3 Å². The number of thiazole rings is 1. The monoisotopic (exact) mass is 437 g/mol. The Hall–Kier alpha value is -2.13. The van der Waals surface area contributed by atoms with Crippen molar-refractivity contribution < 1.29 is 18.7 Å². The molecule has 1 aliphatic heterocycles. The van der Waals surface area contributed by atoms with E-state index < -0.39 is 0 Å². The Labute approximate surface area is 179 Å². The molecule has 4 rings (SSSR count). The van der Waals surface area contributed by atoms with Crippen LogP contribution in [0.15, 0.2) is 34.9 Å². The van der Waals surface area contributed by atoms with E-state index in [1.807, 2.05) is 19.1 Å². The first-order valence-corrected chi connectivity index (χ1v) is 10.1. The smallest absolute Gasteiger partial charge is 0.295 e. The van der Waals surface area contributed by atoms with E-state index in [9.17, 15) is 4.79 Å². The standard InChI is InChI=1S/C20H23N3O4S.ClH/c1-14-5-6-15(25-2)17-18(14)28-20(21-17)23(19(24)16-4-3-11-27-16)8-7-22-9-12-26-13-10-22;/h3-6,11H,7-10,12-13H2,1-2H3;1H. The molecule has 0 unspecified atom stereocenters. The minimum Gasteiger partial charge on any atom is -0.494 e. The molecule has 1 aromatic carbocycles. The van der Waals surface area contributed by atoms with Crippen molar-refractivity contribution in [3.8, 4) is 5.75 Å². The van der Waals surface area contributed by atoms with Gasteiger partial charge in [-0.25, -0.2) is 4.98 Å². The van der Waals surface area contributed by atoms with Crippen molar-refractivity contribution in [1.82, 2.24) is 9.88 Å². The number of furan rings is 1. The van der Waals surface area contributed by atoms with Gasteiger partial charge in [0.15, 0.2) is 10.9 Å². The van der Waals surface area contributed by atoms with Crippen molar-refractivity contribution in [3.63, 3.8) is 0 Å². The highest BCUT2D eigenvalue weighted by molar-refractivity contribution is 7.22. The molecule has 0 atom stereocenters. The van der Waals surface area contributed by atoms with Gasteiger partial charge in [0, 0.05) is 26.2 Å². The number of amides is 1. The summed E-state index contributed by atoms with van der Waals surface area (Å²) in [5, 5.41) is 0.650. The number of fused-ring (bicyclic) bond motifs is 1. The lowest BCUT2D eigenvalue weighted by Gasteiger charge is -2.28. The molecule has 0 aliphatic carbocycles. The highest BCUT2D eigenvalue weighted by atomic mass is 35.5. The quantitative estimate of drug-likeness (QED) is 0.586. The third kappa shape index (κ3) is 4.56. The Morgan fingerprint density at radius 2 is 2.10 bits per heavy atom. The molecular formula is C20H24ClN3O4S. The minimum atomic E-state index is -0.186. The van der Waals surface area contributed by atoms with Gasteiger partial charge in [-0.15, -0.1) is 12.4 Å². The SMILES string of the molecule is COc1ccc(C)c2sc(N(CCN3CCOCC3)C(=O)c3ccco3)nc12.Cl. The van der Waals surface area contributed by atoms with Crippen LogP contribution < -0.4 is 9.64 Å². The molecule has 1 saturated heterocycles. The molecule has 0 N–H and O–H groups in total. The summed E-state index contributed by atoms with van der Waals surface area (Å²) in [6.45, 7) is 6.51. The minimum absolute atomic E-state index is 0. The van der Waals surface area contributed by atoms with Gasteiger partial charge in [0.2, 0.25) is 0 Å². The number of nitrogens with zero attached hydrogens (tertiary/aromatic N) is 3. The van der Waals surface area contributed by atoms with E-state index in [-0.39, 0.29) is 18.3 Å². The first-order chi connectivity index (χ1) is 13.7. The Kier molecular flexibility index (Phi) is 7.13. The fraction of sp³-hybridized carbons (Fsp3) is 0.400. The van der Waals surface area contributed by atoms with Crippen molar-refractivity contribution in [2.45, 2.75) is 6.92 Å². The third-order valence-corrected chi connectivity index (χ3v) is 6.08. The zero-order valence-corrected chi connectivity index (χ0v) is 18.1. The maximum atomic E-state index is 13.1. The largest absolute Gasteiger partial charge is 0.494 e. The van der Waals surface area contributed by atoms with Crippen molar-refractivity contribution in [2.24, 2.45) is 0 Å². The molecule has 3 aromatic rings. The molecule has 29 heavy (non-hydrogen) atoms. The fourth-order valence-electron chi connectivity index (χ4n) is 3.26. The molecule has 9 heteroatoms. The van der Waals surface area contributed by atoms with Crippen molar-refractivity contribution >= 4 is 45.0 Å². The van der Waals surface area contributed by atoms with Gasteiger partial charge in [0.1, 0.15) is 11.3 Å². The van der Waals surface area contributed by atoms with Crippen molar-refractivity contribution in [2.75, 3.05) is 51.4 Å². The van der Waals surface area contributed by atoms with Crippen LogP contribution in [-0.4, -0.2) is 62.3 Å². The third-order valence-electron chi connectivity index (χ3n) is 4.86. The van der Waals surface area contributed by atoms with Crippen LogP contribution in [0, 0.1) is 6.92 Å². The summed E-state index contributed by atoms with van der Waals surface area (Å²) in [5.74, 6) is 0.834. The van der Waals surface area contributed by atoms with Crippen LogP contribution in [0.1, 0.15) is 16.1 Å². The number of aryl methyl sites for hydroxylation is 1. The Morgan fingerprint density at radius 1 is 1.31 bits per heavy atom. The number of aromatic nitrogens is 1. The van der Waals surface area contributed by atoms with Crippen molar-refractivity contribution in [1.29, 1.82) is 0 Å². The van der Waals surface area contributed by atoms with Gasteiger partial charge >= 0.3 is 0 Å². The van der Waals surface area contributed by atoms with Gasteiger partial charge in [-0.2, -0.15) is 0 Å². The van der Waals surface area contributed by atoms with E-state index in [1.54, 1.807) is 24.1 Å². The molecule has 0 saturated carbocycles. The molecule has 156 valence electrons. The topological polar surface area (TPSA) is 68.0 Å². The number of anilines is 1. The maximum Gasteiger partial charge on any atom is 0.295 e. The van der Waals surface area contributed by atoms with Crippen LogP contribution in [0.25, 0.3) is 10.2 Å². The van der Waals surface area contributed by atoms with Crippen LogP contribution in [0.2, 0.25) is 0 Å². The zero-order chi connectivity index (χ0) is 19.5. The lowest BCUT2D eigenvalue weighted by atomic mass is 10.2. The van der Waals surface area contributed by atoms with Crippen LogP contribution in [0.4, 0.5) is 5.13 Å². The molecule has 0 radical (unpaired) electrons. The second kappa shape index (κ2) is 9.58. The van der Waals surface area contributed by atoms with Gasteiger partial charge < -0.3 is 13.9 Å². The summed E-state index contributed by atoms with van der Waals surface area (Å²) in [7, 11) is 1.63. The van der Waals surface area contributed by atoms with Crippen LogP contribution in [0.5, 0.6) is 5.75 Å². The second-order valence-corrected chi connectivity index (χ2v) is 7.62. The number of hydrogen-bond acceptors (Lipinski definition) is 7. The second-order valence-electron chi connectivity index (χ2n) is 6.65. The van der Waals surface area contributed by atoms with Crippen molar-refractivity contribution in [3.05, 3.63) is 41.9 Å². The fourth-order valence-corrected chi connectivity index (χ4v) is 4.34. The summed E-state index contributed by atoms with van der Waals surface area (Å²) >= 11 is 1.50. The lowest BCUT2D eigenvalue weighted by molar-refractivity contribution is 0.0390. The number of ether oxygens (including phenoxy) is 2. The number of hydrogen-bond donors (Lipinski definition) is 0. The predicted molar refractivity (Wildman–Crippen MR) is 116 cm³/mol. The van der Waals surface area contributed by atoms with Crippen LogP contribution >= 0.6 is 23.7 Å². The summed E-state index contributed by atoms with van der Waals surface area (Å²) in [4.78, 5) is 21.9. The lowest BCUT2D eigenvalue weighted by Crippen LogP contribution is -2.43. The molecule has 1 fully saturated rings. The molecule has 7 nitrogen and oxygen atoms in total. The highest BCUT2D eigenvalue weighted by Crippen LogP contribution is 2.36. The van der Waals surface area contributed by atoms with E-state index in [2.05, 4.69) is 4.90 Å². The number of carbonyl (C=O) groups excluding carboxylic acids is 1. The summed E-state index contributed by atoms with van der Waals surface area (Å²) in [6.07, 6.45) is 1.51. The predicted octanol–water partition coefficient (Wildman–Crippen LogP) is 3.61. The first-order valence-electron chi connectivity index (χ1n) is 9.27. The number of methoxy groups -OCH3 is 1. The van der Waals surface area contributed by atoms with E-state index >= 15 is 0 Å². The first kappa shape index (κ1) is 21.6. The summed E-state index contributed by atoms with van der Waals surface area (Å²) < 4.78 is 17.3. The van der Waals surface area contributed by atoms with Gasteiger partial charge in [-0.1, -0.05) is 17.4 Å². The van der Waals surface area contributed by atoms with Crippen LogP contribution in [0.3, 0.4) is 0 Å². The molecule has 0 spiro atoms. The number of morpholine rings is 1. The Bertz CT molecular complexity index is 954. The van der Waals surface area contributed by atoms with E-state index in [0.717, 1.165) is 48.6 Å². The number of carbonyl (C=O) groups is 1. The highest BCUT2D eigenvalue weighted by Gasteiger charge is 2.25. The molecular weight excluding hydrogens is 414 g/mol. The average molecular weight is 438 g/mol. The Balaban J connectivity index is 0.00000240. The van der Waals surface area contributed by atoms with E-state index in [1.165, 1.54) is 17.6 Å². The van der Waals surface area contributed by atoms with Gasteiger partial charge in [0.25, 0.3) is 5.91 Å². The molecule has 2 aromatic heterocycles. The summed E-state index contributed by atoms with van der Waals surface area (Å²) in [5.41, 5.74) is 1.89. The molecule has 0 bridgehead atoms. The number of halogens is 1. The summed E-state index contributed by atoms with van der Waals surface area (Å²) in [6, 6.07) is 7.32. The molecule has 1 aliphatic rings. The average Bonchev–Trinajstić information content (AvgIpc) is 3.40. The maximum absolute atomic E-state index is 13.1. The normalized spacial score (nSPS) is 14.6. The zero-order valence-electron chi connectivity index (χ0n) is 16.4. The molecule has 3 heterocycles. The number of rotatable bonds is 6. The Morgan fingerprint density at radius 3 is 2.79 bits per heavy atom. The van der Waals surface area contributed by atoms with Gasteiger partial charge in [-0.3, -0.25) is 14.6 Å². The van der Waals surface area contributed by atoms with Gasteiger partial charge in [-0.05, 0) is 30.7 Å². The van der Waals surface area contributed by atoms with Crippen LogP contribution in [-0.2, 0) is 4.74 Å².